The number of piperidine rings is 1. The van der Waals surface area contributed by atoms with Crippen molar-refractivity contribution in [2.75, 3.05) is 13.1 Å². The zero-order valence-electron chi connectivity index (χ0n) is 5.74. The summed E-state index contributed by atoms with van der Waals surface area (Å²) in [6.45, 7) is 0.685. The van der Waals surface area contributed by atoms with Crippen LogP contribution in [0.15, 0.2) is 0 Å². The quantitative estimate of drug-likeness (QED) is 0.565. The minimum Gasteiger partial charge on any atom is -0.329 e. The van der Waals surface area contributed by atoms with Gasteiger partial charge in [0.2, 0.25) is 0 Å². The molecule has 1 aliphatic rings. The van der Waals surface area contributed by atoms with Crippen molar-refractivity contribution < 1.29 is 8.78 Å². The van der Waals surface area contributed by atoms with Crippen LogP contribution in [0.2, 0.25) is 0 Å². The van der Waals surface area contributed by atoms with Crippen molar-refractivity contribution in [3.05, 3.63) is 0 Å². The van der Waals surface area contributed by atoms with Gasteiger partial charge in [0.05, 0.1) is 0 Å². The van der Waals surface area contributed by atoms with E-state index in [1.54, 1.807) is 0 Å². The number of hydrogen-bond acceptors (Lipinski definition) is 2. The molecule has 1 saturated heterocycles. The van der Waals surface area contributed by atoms with Crippen molar-refractivity contribution in [2.45, 2.75) is 24.8 Å². The predicted octanol–water partition coefficient (Wildman–Crippen LogP) is 0.332. The molecule has 1 aliphatic heterocycles. The van der Waals surface area contributed by atoms with Crippen LogP contribution in [-0.2, 0) is 0 Å². The van der Waals surface area contributed by atoms with Gasteiger partial charge in [0.15, 0.2) is 0 Å². The van der Waals surface area contributed by atoms with E-state index in [-0.39, 0.29) is 18.9 Å². The lowest BCUT2D eigenvalue weighted by atomic mass is 10.0. The summed E-state index contributed by atoms with van der Waals surface area (Å²) in [5, 5.41) is 2.92. The first kappa shape index (κ1) is 7.88. The van der Waals surface area contributed by atoms with Gasteiger partial charge in [0.25, 0.3) is 5.92 Å². The van der Waals surface area contributed by atoms with Crippen molar-refractivity contribution >= 4 is 0 Å². The zero-order valence-corrected chi connectivity index (χ0v) is 5.74. The highest BCUT2D eigenvalue weighted by Gasteiger charge is 2.35. The number of nitrogens with one attached hydrogen (secondary N) is 1. The Morgan fingerprint density at radius 3 is 2.70 bits per heavy atom. The van der Waals surface area contributed by atoms with Crippen molar-refractivity contribution in [2.24, 2.45) is 5.73 Å². The molecule has 4 heteroatoms. The summed E-state index contributed by atoms with van der Waals surface area (Å²) in [5.74, 6) is -2.49. The van der Waals surface area contributed by atoms with E-state index in [1.807, 2.05) is 0 Å². The monoisotopic (exact) mass is 150 g/mol. The second-order valence-electron chi connectivity index (χ2n) is 2.70. The standard InChI is InChI=1S/C6H12F2N2/c7-6(8)1-2-10-5(3-6)4-9/h5,10H,1-4,9H2. The lowest BCUT2D eigenvalue weighted by molar-refractivity contribution is -0.0398. The molecule has 2 nitrogen and oxygen atoms in total. The molecule has 0 aromatic rings. The highest BCUT2D eigenvalue weighted by atomic mass is 19.3. The Labute approximate surface area is 58.8 Å². The van der Waals surface area contributed by atoms with E-state index in [0.717, 1.165) is 0 Å². The van der Waals surface area contributed by atoms with Gasteiger partial charge in [-0.25, -0.2) is 8.78 Å². The fourth-order valence-electron chi connectivity index (χ4n) is 1.16. The van der Waals surface area contributed by atoms with Crippen molar-refractivity contribution in [3.63, 3.8) is 0 Å². The molecule has 60 valence electrons. The van der Waals surface area contributed by atoms with Gasteiger partial charge in [0.1, 0.15) is 0 Å². The molecule has 0 aliphatic carbocycles. The largest absolute Gasteiger partial charge is 0.329 e. The summed E-state index contributed by atoms with van der Waals surface area (Å²) in [6, 6.07) is -0.191. The summed E-state index contributed by atoms with van der Waals surface area (Å²) < 4.78 is 25.1. The van der Waals surface area contributed by atoms with Crippen LogP contribution in [0.1, 0.15) is 12.8 Å². The third-order valence-corrected chi connectivity index (χ3v) is 1.75. The Balaban J connectivity index is 2.40. The number of nitrogens with two attached hydrogens (primary N) is 1. The minimum atomic E-state index is -2.49. The van der Waals surface area contributed by atoms with Gasteiger partial charge in [-0.3, -0.25) is 0 Å². The molecule has 0 spiro atoms. The van der Waals surface area contributed by atoms with E-state index in [4.69, 9.17) is 5.73 Å². The normalized spacial score (nSPS) is 32.1. The van der Waals surface area contributed by atoms with Crippen LogP contribution in [0.5, 0.6) is 0 Å². The average molecular weight is 150 g/mol. The van der Waals surface area contributed by atoms with Crippen LogP contribution in [0.25, 0.3) is 0 Å². The summed E-state index contributed by atoms with van der Waals surface area (Å²) in [6.07, 6.45) is -0.160. The van der Waals surface area contributed by atoms with Gasteiger partial charge in [-0.05, 0) is 0 Å². The van der Waals surface area contributed by atoms with Gasteiger partial charge in [-0.15, -0.1) is 0 Å². The fourth-order valence-corrected chi connectivity index (χ4v) is 1.16. The Hall–Kier alpha value is -0.220. The first-order valence-corrected chi connectivity index (χ1v) is 3.45. The maximum atomic E-state index is 12.5. The van der Waals surface area contributed by atoms with E-state index < -0.39 is 5.92 Å². The Bertz CT molecular complexity index is 116. The molecule has 10 heavy (non-hydrogen) atoms. The number of rotatable bonds is 1. The van der Waals surface area contributed by atoms with Crippen LogP contribution in [0.4, 0.5) is 8.78 Å². The molecule has 0 aromatic carbocycles. The second kappa shape index (κ2) is 2.80. The molecule has 1 unspecified atom stereocenters. The molecular weight excluding hydrogens is 138 g/mol. The maximum Gasteiger partial charge on any atom is 0.250 e. The summed E-state index contributed by atoms with van der Waals surface area (Å²) >= 11 is 0. The van der Waals surface area contributed by atoms with Gasteiger partial charge >= 0.3 is 0 Å². The molecule has 1 atom stereocenters. The minimum absolute atomic E-state index is 0.0521. The molecule has 0 amide bonds. The average Bonchev–Trinajstić information content (AvgIpc) is 1.86. The van der Waals surface area contributed by atoms with E-state index in [0.29, 0.717) is 13.1 Å². The summed E-state index contributed by atoms with van der Waals surface area (Å²) in [4.78, 5) is 0. The van der Waals surface area contributed by atoms with Crippen molar-refractivity contribution in [3.8, 4) is 0 Å². The van der Waals surface area contributed by atoms with Gasteiger partial charge < -0.3 is 11.1 Å². The highest BCUT2D eigenvalue weighted by molar-refractivity contribution is 4.83. The smallest absolute Gasteiger partial charge is 0.250 e. The van der Waals surface area contributed by atoms with Crippen LogP contribution < -0.4 is 11.1 Å². The summed E-state index contributed by atoms with van der Waals surface area (Å²) in [5.41, 5.74) is 5.23. The van der Waals surface area contributed by atoms with E-state index in [1.165, 1.54) is 0 Å². The van der Waals surface area contributed by atoms with E-state index >= 15 is 0 Å². The van der Waals surface area contributed by atoms with Crippen molar-refractivity contribution in [1.29, 1.82) is 0 Å². The Morgan fingerprint density at radius 2 is 2.30 bits per heavy atom. The topological polar surface area (TPSA) is 38.0 Å². The van der Waals surface area contributed by atoms with Gasteiger partial charge in [0, 0.05) is 32.0 Å². The molecule has 0 aromatic heterocycles. The van der Waals surface area contributed by atoms with Crippen molar-refractivity contribution in [1.82, 2.24) is 5.32 Å². The van der Waals surface area contributed by atoms with Crippen LogP contribution in [0.3, 0.4) is 0 Å². The van der Waals surface area contributed by atoms with Gasteiger partial charge in [-0.2, -0.15) is 0 Å². The molecular formula is C6H12F2N2. The Kier molecular flexibility index (Phi) is 2.21. The predicted molar refractivity (Wildman–Crippen MR) is 35.0 cm³/mol. The number of halogens is 2. The molecule has 3 N–H and O–H groups in total. The molecule has 1 heterocycles. The number of alkyl halides is 2. The Morgan fingerprint density at radius 1 is 1.60 bits per heavy atom. The molecule has 1 rings (SSSR count). The third kappa shape index (κ3) is 1.88. The molecule has 0 bridgehead atoms. The summed E-state index contributed by atoms with van der Waals surface area (Å²) in [7, 11) is 0. The SMILES string of the molecule is NCC1CC(F)(F)CCN1. The highest BCUT2D eigenvalue weighted by Crippen LogP contribution is 2.26. The molecule has 1 fully saturated rings. The van der Waals surface area contributed by atoms with E-state index in [2.05, 4.69) is 5.32 Å². The lowest BCUT2D eigenvalue weighted by Crippen LogP contribution is -2.47. The molecule has 0 saturated carbocycles. The zero-order chi connectivity index (χ0) is 7.61. The fraction of sp³-hybridized carbons (Fsp3) is 1.00. The first-order valence-electron chi connectivity index (χ1n) is 3.45. The third-order valence-electron chi connectivity index (χ3n) is 1.75. The number of hydrogen-bond donors (Lipinski definition) is 2. The second-order valence-corrected chi connectivity index (χ2v) is 2.70. The lowest BCUT2D eigenvalue weighted by Gasteiger charge is -2.28. The van der Waals surface area contributed by atoms with Crippen LogP contribution in [0, 0.1) is 0 Å². The maximum absolute atomic E-state index is 12.5. The van der Waals surface area contributed by atoms with Gasteiger partial charge in [-0.1, -0.05) is 0 Å². The first-order chi connectivity index (χ1) is 4.64. The van der Waals surface area contributed by atoms with E-state index in [9.17, 15) is 8.78 Å². The van der Waals surface area contributed by atoms with Crippen LogP contribution in [-0.4, -0.2) is 25.1 Å². The molecule has 0 radical (unpaired) electrons. The van der Waals surface area contributed by atoms with Crippen LogP contribution >= 0.6 is 0 Å².